The zero-order valence-electron chi connectivity index (χ0n) is 14.1. The number of hydrogen-bond acceptors (Lipinski definition) is 4. The molecule has 1 fully saturated rings. The second kappa shape index (κ2) is 7.09. The number of anilines is 3. The van der Waals surface area contributed by atoms with Crippen molar-refractivity contribution in [3.05, 3.63) is 53.8 Å². The van der Waals surface area contributed by atoms with Gasteiger partial charge in [-0.2, -0.15) is 0 Å². The third kappa shape index (κ3) is 3.97. The minimum atomic E-state index is -0.227. The number of morpholine rings is 1. The molecule has 0 amide bonds. The quantitative estimate of drug-likeness (QED) is 0.841. The summed E-state index contributed by atoms with van der Waals surface area (Å²) in [6, 6.07) is 12.6. The van der Waals surface area contributed by atoms with Crippen molar-refractivity contribution in [2.75, 3.05) is 29.0 Å². The molecule has 0 saturated carbocycles. The van der Waals surface area contributed by atoms with Gasteiger partial charge in [0.2, 0.25) is 0 Å². The van der Waals surface area contributed by atoms with Gasteiger partial charge in [-0.1, -0.05) is 12.1 Å². The number of hydrogen-bond donors (Lipinski definition) is 2. The lowest BCUT2D eigenvalue weighted by atomic mass is 10.1. The highest BCUT2D eigenvalue weighted by Crippen LogP contribution is 2.30. The highest BCUT2D eigenvalue weighted by atomic mass is 19.1. The summed E-state index contributed by atoms with van der Waals surface area (Å²) < 4.78 is 19.6. The first-order chi connectivity index (χ1) is 11.5. The fraction of sp³-hybridized carbons (Fsp3) is 0.368. The van der Waals surface area contributed by atoms with Crippen LogP contribution in [-0.4, -0.2) is 25.3 Å². The Morgan fingerprint density at radius 1 is 1.12 bits per heavy atom. The van der Waals surface area contributed by atoms with Crippen molar-refractivity contribution in [1.29, 1.82) is 0 Å². The molecule has 2 aromatic rings. The molecule has 1 saturated heterocycles. The summed E-state index contributed by atoms with van der Waals surface area (Å²) in [5.74, 6) is -0.227. The van der Waals surface area contributed by atoms with Gasteiger partial charge in [0.1, 0.15) is 5.82 Å². The lowest BCUT2D eigenvalue weighted by Gasteiger charge is -2.37. The summed E-state index contributed by atoms with van der Waals surface area (Å²) in [5.41, 5.74) is 9.40. The van der Waals surface area contributed by atoms with Crippen LogP contribution in [0.15, 0.2) is 42.5 Å². The van der Waals surface area contributed by atoms with Crippen LogP contribution in [0.5, 0.6) is 0 Å². The van der Waals surface area contributed by atoms with Gasteiger partial charge in [0.05, 0.1) is 23.6 Å². The first-order valence-corrected chi connectivity index (χ1v) is 8.29. The Morgan fingerprint density at radius 2 is 1.79 bits per heavy atom. The molecule has 1 heterocycles. The van der Waals surface area contributed by atoms with Gasteiger partial charge in [0, 0.05) is 25.3 Å². The third-order valence-electron chi connectivity index (χ3n) is 4.18. The van der Waals surface area contributed by atoms with Crippen LogP contribution in [0.25, 0.3) is 0 Å². The molecule has 5 heteroatoms. The summed E-state index contributed by atoms with van der Waals surface area (Å²) in [4.78, 5) is 2.19. The van der Waals surface area contributed by atoms with Crippen molar-refractivity contribution in [3.63, 3.8) is 0 Å². The van der Waals surface area contributed by atoms with Crippen LogP contribution in [0, 0.1) is 5.82 Å². The van der Waals surface area contributed by atoms with E-state index in [9.17, 15) is 4.39 Å². The zero-order valence-corrected chi connectivity index (χ0v) is 14.1. The maximum absolute atomic E-state index is 13.8. The van der Waals surface area contributed by atoms with Crippen molar-refractivity contribution in [2.45, 2.75) is 32.6 Å². The minimum absolute atomic E-state index is 0.127. The number of nitrogens with one attached hydrogen (secondary N) is 1. The first-order valence-electron chi connectivity index (χ1n) is 8.29. The molecule has 1 aliphatic rings. The lowest BCUT2D eigenvalue weighted by molar-refractivity contribution is -0.00519. The van der Waals surface area contributed by atoms with E-state index in [1.165, 1.54) is 6.07 Å². The summed E-state index contributed by atoms with van der Waals surface area (Å²) in [5, 5.41) is 3.41. The standard InChI is InChI=1S/C19H24FN3O/c1-13-11-23(12-14(2)24-13)19-9-16(20)5-8-18(19)22-10-15-3-6-17(21)7-4-15/h3-9,13-14,22H,10-12,21H2,1-2H3/t13-,14+. The minimum Gasteiger partial charge on any atom is -0.399 e. The molecular formula is C19H24FN3O. The van der Waals surface area contributed by atoms with Crippen molar-refractivity contribution in [3.8, 4) is 0 Å². The second-order valence-electron chi connectivity index (χ2n) is 6.42. The van der Waals surface area contributed by atoms with Crippen molar-refractivity contribution >= 4 is 17.1 Å². The number of halogens is 1. The predicted octanol–water partition coefficient (Wildman–Crippen LogP) is 3.63. The molecule has 0 radical (unpaired) electrons. The normalized spacial score (nSPS) is 20.9. The van der Waals surface area contributed by atoms with Crippen molar-refractivity contribution in [1.82, 2.24) is 0 Å². The Hall–Kier alpha value is -2.27. The summed E-state index contributed by atoms with van der Waals surface area (Å²) >= 11 is 0. The molecule has 4 nitrogen and oxygen atoms in total. The number of rotatable bonds is 4. The van der Waals surface area contributed by atoms with Crippen molar-refractivity contribution in [2.24, 2.45) is 0 Å². The Bertz CT molecular complexity index is 680. The molecule has 0 spiro atoms. The molecule has 128 valence electrons. The van der Waals surface area contributed by atoms with Gasteiger partial charge >= 0.3 is 0 Å². The summed E-state index contributed by atoms with van der Waals surface area (Å²) in [6.07, 6.45) is 0.254. The summed E-state index contributed by atoms with van der Waals surface area (Å²) in [6.45, 7) is 6.26. The van der Waals surface area contributed by atoms with E-state index in [0.717, 1.165) is 35.7 Å². The maximum atomic E-state index is 13.8. The Morgan fingerprint density at radius 3 is 2.46 bits per heavy atom. The zero-order chi connectivity index (χ0) is 17.1. The van der Waals surface area contributed by atoms with Crippen LogP contribution in [0.1, 0.15) is 19.4 Å². The molecule has 3 N–H and O–H groups in total. The molecule has 0 bridgehead atoms. The molecule has 2 aromatic carbocycles. The van der Waals surface area contributed by atoms with Crippen LogP contribution >= 0.6 is 0 Å². The van der Waals surface area contributed by atoms with E-state index >= 15 is 0 Å². The monoisotopic (exact) mass is 329 g/mol. The van der Waals surface area contributed by atoms with Gasteiger partial charge < -0.3 is 20.7 Å². The van der Waals surface area contributed by atoms with Gasteiger partial charge in [-0.05, 0) is 49.7 Å². The number of nitrogens with zero attached hydrogens (tertiary/aromatic N) is 1. The molecule has 2 atom stereocenters. The fourth-order valence-electron chi connectivity index (χ4n) is 3.12. The molecule has 3 rings (SSSR count). The van der Waals surface area contributed by atoms with E-state index in [0.29, 0.717) is 6.54 Å². The van der Waals surface area contributed by atoms with Gasteiger partial charge in [0.15, 0.2) is 0 Å². The van der Waals surface area contributed by atoms with E-state index in [4.69, 9.17) is 10.5 Å². The highest BCUT2D eigenvalue weighted by molar-refractivity contribution is 5.70. The molecular weight excluding hydrogens is 305 g/mol. The lowest BCUT2D eigenvalue weighted by Crippen LogP contribution is -2.45. The fourth-order valence-corrected chi connectivity index (χ4v) is 3.12. The number of ether oxygens (including phenoxy) is 1. The van der Waals surface area contributed by atoms with Crippen LogP contribution in [-0.2, 0) is 11.3 Å². The Balaban J connectivity index is 1.79. The van der Waals surface area contributed by atoms with E-state index in [-0.39, 0.29) is 18.0 Å². The van der Waals surface area contributed by atoms with Gasteiger partial charge in [-0.3, -0.25) is 0 Å². The number of benzene rings is 2. The molecule has 24 heavy (non-hydrogen) atoms. The Labute approximate surface area is 142 Å². The van der Waals surface area contributed by atoms with Gasteiger partial charge in [0.25, 0.3) is 0 Å². The summed E-state index contributed by atoms with van der Waals surface area (Å²) in [7, 11) is 0. The van der Waals surface area contributed by atoms with Gasteiger partial charge in [-0.15, -0.1) is 0 Å². The van der Waals surface area contributed by atoms with Gasteiger partial charge in [-0.25, -0.2) is 4.39 Å². The molecule has 0 aromatic heterocycles. The Kier molecular flexibility index (Phi) is 4.90. The smallest absolute Gasteiger partial charge is 0.125 e. The van der Waals surface area contributed by atoms with Crippen molar-refractivity contribution < 1.29 is 9.13 Å². The molecule has 0 unspecified atom stereocenters. The van der Waals surface area contributed by atoms with Crippen LogP contribution in [0.4, 0.5) is 21.5 Å². The molecule has 0 aliphatic carbocycles. The topological polar surface area (TPSA) is 50.5 Å². The predicted molar refractivity (Wildman–Crippen MR) is 96.8 cm³/mol. The van der Waals surface area contributed by atoms with E-state index in [1.807, 2.05) is 38.1 Å². The van der Waals surface area contributed by atoms with Crippen LogP contribution in [0.3, 0.4) is 0 Å². The second-order valence-corrected chi connectivity index (χ2v) is 6.42. The third-order valence-corrected chi connectivity index (χ3v) is 4.18. The molecule has 1 aliphatic heterocycles. The van der Waals surface area contributed by atoms with E-state index in [2.05, 4.69) is 10.2 Å². The highest BCUT2D eigenvalue weighted by Gasteiger charge is 2.24. The number of nitrogens with two attached hydrogens (primary N) is 1. The number of nitrogen functional groups attached to an aromatic ring is 1. The maximum Gasteiger partial charge on any atom is 0.125 e. The average Bonchev–Trinajstić information content (AvgIpc) is 2.54. The SMILES string of the molecule is C[C@@H]1CN(c2cc(F)ccc2NCc2ccc(N)cc2)C[C@H](C)O1. The van der Waals surface area contributed by atoms with E-state index < -0.39 is 0 Å². The largest absolute Gasteiger partial charge is 0.399 e. The van der Waals surface area contributed by atoms with Crippen LogP contribution < -0.4 is 16.0 Å². The first kappa shape index (κ1) is 16.6. The van der Waals surface area contributed by atoms with E-state index in [1.54, 1.807) is 12.1 Å². The van der Waals surface area contributed by atoms with Crippen LogP contribution in [0.2, 0.25) is 0 Å². The average molecular weight is 329 g/mol.